The summed E-state index contributed by atoms with van der Waals surface area (Å²) in [6.07, 6.45) is 2.15. The molecule has 1 aliphatic heterocycles. The van der Waals surface area contributed by atoms with Crippen molar-refractivity contribution in [1.29, 1.82) is 0 Å². The summed E-state index contributed by atoms with van der Waals surface area (Å²) in [6.45, 7) is 7.33. The van der Waals surface area contributed by atoms with Crippen LogP contribution < -0.4 is 10.6 Å². The van der Waals surface area contributed by atoms with Gasteiger partial charge in [-0.2, -0.15) is 0 Å². The van der Waals surface area contributed by atoms with Crippen molar-refractivity contribution in [3.63, 3.8) is 0 Å². The van der Waals surface area contributed by atoms with E-state index in [1.165, 1.54) is 30.0 Å². The third-order valence-corrected chi connectivity index (χ3v) is 6.57. The third kappa shape index (κ3) is 5.68. The maximum absolute atomic E-state index is 12.6. The summed E-state index contributed by atoms with van der Waals surface area (Å²) < 4.78 is 0.756. The number of likely N-dealkylation sites (tertiary alicyclic amines) is 1. The average molecular weight is 420 g/mol. The summed E-state index contributed by atoms with van der Waals surface area (Å²) in [5.41, 5.74) is 1.53. The van der Waals surface area contributed by atoms with Crippen LogP contribution in [0.25, 0.3) is 0 Å². The highest BCUT2D eigenvalue weighted by Gasteiger charge is 2.26. The van der Waals surface area contributed by atoms with Crippen LogP contribution in [0.15, 0.2) is 28.6 Å². The maximum atomic E-state index is 12.6. The van der Waals surface area contributed by atoms with Crippen molar-refractivity contribution in [2.45, 2.75) is 43.2 Å². The number of aromatic nitrogens is 2. The summed E-state index contributed by atoms with van der Waals surface area (Å²) in [6, 6.07) is 7.40. The van der Waals surface area contributed by atoms with E-state index < -0.39 is 0 Å². The summed E-state index contributed by atoms with van der Waals surface area (Å²) in [7, 11) is 0. The summed E-state index contributed by atoms with van der Waals surface area (Å²) in [5.74, 6) is 0.756. The number of nitrogens with one attached hydrogen (secondary N) is 2. The third-order valence-electron chi connectivity index (χ3n) is 4.56. The van der Waals surface area contributed by atoms with Crippen molar-refractivity contribution in [2.24, 2.45) is 5.92 Å². The number of hydrogen-bond acceptors (Lipinski definition) is 7. The van der Waals surface area contributed by atoms with Crippen LogP contribution in [-0.2, 0) is 9.59 Å². The first-order chi connectivity index (χ1) is 13.4. The van der Waals surface area contributed by atoms with Crippen LogP contribution in [0.5, 0.6) is 0 Å². The van der Waals surface area contributed by atoms with Gasteiger partial charge in [0.05, 0.1) is 5.25 Å². The molecule has 28 heavy (non-hydrogen) atoms. The predicted molar refractivity (Wildman–Crippen MR) is 114 cm³/mol. The lowest BCUT2D eigenvalue weighted by Gasteiger charge is -2.31. The van der Waals surface area contributed by atoms with Gasteiger partial charge in [0.25, 0.3) is 0 Å². The van der Waals surface area contributed by atoms with Gasteiger partial charge in [0.15, 0.2) is 4.34 Å². The Morgan fingerprint density at radius 2 is 1.96 bits per heavy atom. The molecule has 7 nitrogen and oxygen atoms in total. The van der Waals surface area contributed by atoms with Crippen LogP contribution in [0.2, 0.25) is 0 Å². The first-order valence-electron chi connectivity index (χ1n) is 9.34. The van der Waals surface area contributed by atoms with E-state index in [2.05, 4.69) is 27.8 Å². The van der Waals surface area contributed by atoms with E-state index in [0.717, 1.165) is 36.0 Å². The van der Waals surface area contributed by atoms with Crippen LogP contribution >= 0.6 is 23.1 Å². The number of piperidine rings is 1. The van der Waals surface area contributed by atoms with Gasteiger partial charge in [-0.3, -0.25) is 9.59 Å². The zero-order valence-corrected chi connectivity index (χ0v) is 17.9. The Labute approximate surface area is 173 Å². The number of hydrogen-bond donors (Lipinski definition) is 2. The largest absolute Gasteiger partial charge is 0.342 e. The molecule has 3 rings (SSSR count). The lowest BCUT2D eigenvalue weighted by molar-refractivity contribution is -0.131. The molecule has 2 heterocycles. The number of benzene rings is 1. The molecule has 2 N–H and O–H groups in total. The zero-order chi connectivity index (χ0) is 20.1. The van der Waals surface area contributed by atoms with E-state index in [-0.39, 0.29) is 17.1 Å². The Balaban J connectivity index is 1.56. The molecule has 0 spiro atoms. The fourth-order valence-electron chi connectivity index (χ4n) is 3.00. The number of thioether (sulfide) groups is 1. The van der Waals surface area contributed by atoms with Crippen molar-refractivity contribution < 1.29 is 9.59 Å². The van der Waals surface area contributed by atoms with Crippen LogP contribution in [-0.4, -0.2) is 45.3 Å². The quantitative estimate of drug-likeness (QED) is 0.689. The summed E-state index contributed by atoms with van der Waals surface area (Å²) >= 11 is 2.86. The molecule has 1 aromatic carbocycles. The number of carbonyl (C=O) groups is 2. The van der Waals surface area contributed by atoms with Gasteiger partial charge in [-0.25, -0.2) is 0 Å². The maximum Gasteiger partial charge on any atom is 0.235 e. The molecule has 0 saturated carbocycles. The summed E-state index contributed by atoms with van der Waals surface area (Å²) in [5, 5.41) is 14.8. The highest BCUT2D eigenvalue weighted by Crippen LogP contribution is 2.32. The second kappa shape index (κ2) is 9.38. The predicted octanol–water partition coefficient (Wildman–Crippen LogP) is 3.98. The van der Waals surface area contributed by atoms with E-state index in [4.69, 9.17) is 0 Å². The molecule has 1 atom stereocenters. The number of anilines is 3. The molecule has 1 saturated heterocycles. The SMILES string of the molecule is CC(=O)Nc1cccc(Nc2nnc(SC(C)C(=O)N3CCC(C)CC3)s2)c1. The standard InChI is InChI=1S/C19H25N5O2S2/c1-12-7-9-24(10-8-12)17(26)13(2)27-19-23-22-18(28-19)21-16-6-4-5-15(11-16)20-14(3)25/h4-6,11-13H,7-10H2,1-3H3,(H,20,25)(H,21,22). The number of rotatable bonds is 6. The molecule has 0 bridgehead atoms. The highest BCUT2D eigenvalue weighted by molar-refractivity contribution is 8.02. The fourth-order valence-corrected chi connectivity index (χ4v) is 5.00. The minimum atomic E-state index is -0.183. The molecule has 9 heteroatoms. The molecular formula is C19H25N5O2S2. The molecule has 2 aromatic rings. The van der Waals surface area contributed by atoms with E-state index in [1.807, 2.05) is 36.1 Å². The normalized spacial score (nSPS) is 15.9. The van der Waals surface area contributed by atoms with E-state index >= 15 is 0 Å². The topological polar surface area (TPSA) is 87.2 Å². The minimum absolute atomic E-state index is 0.117. The molecule has 2 amide bonds. The van der Waals surface area contributed by atoms with Gasteiger partial charge < -0.3 is 15.5 Å². The Morgan fingerprint density at radius 1 is 1.25 bits per heavy atom. The Kier molecular flexibility index (Phi) is 6.90. The molecule has 1 unspecified atom stereocenters. The lowest BCUT2D eigenvalue weighted by atomic mass is 9.99. The second-order valence-corrected chi connectivity index (χ2v) is 9.59. The fraction of sp³-hybridized carbons (Fsp3) is 0.474. The van der Waals surface area contributed by atoms with Crippen molar-refractivity contribution in [3.8, 4) is 0 Å². The van der Waals surface area contributed by atoms with Crippen LogP contribution in [0.1, 0.15) is 33.6 Å². The number of carbonyl (C=O) groups excluding carboxylic acids is 2. The number of amides is 2. The molecular weight excluding hydrogens is 394 g/mol. The van der Waals surface area contributed by atoms with Gasteiger partial charge in [0.2, 0.25) is 16.9 Å². The van der Waals surface area contributed by atoms with E-state index in [1.54, 1.807) is 0 Å². The zero-order valence-electron chi connectivity index (χ0n) is 16.3. The molecule has 0 radical (unpaired) electrons. The molecule has 1 aromatic heterocycles. The van der Waals surface area contributed by atoms with Crippen LogP contribution in [0.3, 0.4) is 0 Å². The van der Waals surface area contributed by atoms with Crippen LogP contribution in [0.4, 0.5) is 16.5 Å². The minimum Gasteiger partial charge on any atom is -0.342 e. The smallest absolute Gasteiger partial charge is 0.235 e. The highest BCUT2D eigenvalue weighted by atomic mass is 32.2. The molecule has 1 aliphatic rings. The second-order valence-electron chi connectivity index (χ2n) is 7.03. The van der Waals surface area contributed by atoms with Gasteiger partial charge in [0, 0.05) is 31.4 Å². The van der Waals surface area contributed by atoms with Crippen molar-refractivity contribution >= 4 is 51.4 Å². The molecule has 150 valence electrons. The lowest BCUT2D eigenvalue weighted by Crippen LogP contribution is -2.41. The van der Waals surface area contributed by atoms with Crippen LogP contribution in [0, 0.1) is 5.92 Å². The first kappa shape index (κ1) is 20.6. The van der Waals surface area contributed by atoms with Gasteiger partial charge >= 0.3 is 0 Å². The average Bonchev–Trinajstić information content (AvgIpc) is 3.08. The van der Waals surface area contributed by atoms with Gasteiger partial charge in [-0.15, -0.1) is 10.2 Å². The molecule has 1 fully saturated rings. The number of nitrogens with zero attached hydrogens (tertiary/aromatic N) is 3. The van der Waals surface area contributed by atoms with Crippen molar-refractivity contribution in [2.75, 3.05) is 23.7 Å². The Hall–Kier alpha value is -2.13. The first-order valence-corrected chi connectivity index (χ1v) is 11.0. The van der Waals surface area contributed by atoms with Gasteiger partial charge in [-0.05, 0) is 43.9 Å². The van der Waals surface area contributed by atoms with Crippen molar-refractivity contribution in [3.05, 3.63) is 24.3 Å². The van der Waals surface area contributed by atoms with Gasteiger partial charge in [-0.1, -0.05) is 36.1 Å². The van der Waals surface area contributed by atoms with E-state index in [0.29, 0.717) is 16.7 Å². The monoisotopic (exact) mass is 419 g/mol. The van der Waals surface area contributed by atoms with Crippen molar-refractivity contribution in [1.82, 2.24) is 15.1 Å². The molecule has 0 aliphatic carbocycles. The summed E-state index contributed by atoms with van der Waals surface area (Å²) in [4.78, 5) is 25.8. The Morgan fingerprint density at radius 3 is 2.68 bits per heavy atom. The van der Waals surface area contributed by atoms with E-state index in [9.17, 15) is 9.59 Å². The Bertz CT molecular complexity index is 833. The van der Waals surface area contributed by atoms with Gasteiger partial charge in [0.1, 0.15) is 0 Å².